The van der Waals surface area contributed by atoms with Crippen molar-refractivity contribution in [1.82, 2.24) is 10.2 Å². The van der Waals surface area contributed by atoms with Gasteiger partial charge in [0.2, 0.25) is 0 Å². The van der Waals surface area contributed by atoms with Crippen molar-refractivity contribution in [2.45, 2.75) is 31.5 Å². The highest BCUT2D eigenvalue weighted by molar-refractivity contribution is 5.42. The lowest BCUT2D eigenvalue weighted by Gasteiger charge is -2.20. The van der Waals surface area contributed by atoms with Crippen LogP contribution in [0.1, 0.15) is 18.4 Å². The zero-order valence-electron chi connectivity index (χ0n) is 8.10. The number of halogens is 3. The van der Waals surface area contributed by atoms with Crippen molar-refractivity contribution >= 4 is 5.82 Å². The first-order chi connectivity index (χ1) is 6.93. The Morgan fingerprint density at radius 2 is 2.07 bits per heavy atom. The standard InChI is InChI=1S/C9H10F3N3/c1-6-4-7(15-13-5-6)14-8(2-3-8)9(10,11)12/h4-5H,2-3H2,1H3,(H,14,15). The van der Waals surface area contributed by atoms with Gasteiger partial charge < -0.3 is 5.32 Å². The van der Waals surface area contributed by atoms with E-state index in [-0.39, 0.29) is 18.7 Å². The Bertz CT molecular complexity index is 371. The van der Waals surface area contributed by atoms with Gasteiger partial charge in [-0.2, -0.15) is 18.3 Å². The Hall–Kier alpha value is -1.33. The molecule has 1 saturated carbocycles. The van der Waals surface area contributed by atoms with Gasteiger partial charge in [0.15, 0.2) is 0 Å². The second-order valence-corrected chi connectivity index (χ2v) is 3.82. The van der Waals surface area contributed by atoms with Gasteiger partial charge in [0, 0.05) is 0 Å². The molecule has 2 rings (SSSR count). The molecule has 1 N–H and O–H groups in total. The van der Waals surface area contributed by atoms with Crippen molar-refractivity contribution in [3.8, 4) is 0 Å². The van der Waals surface area contributed by atoms with Crippen LogP contribution >= 0.6 is 0 Å². The van der Waals surface area contributed by atoms with Crippen molar-refractivity contribution in [2.24, 2.45) is 0 Å². The van der Waals surface area contributed by atoms with E-state index in [0.717, 1.165) is 5.56 Å². The van der Waals surface area contributed by atoms with E-state index in [1.807, 2.05) is 0 Å². The summed E-state index contributed by atoms with van der Waals surface area (Å²) in [5, 5.41) is 9.63. The van der Waals surface area contributed by atoms with E-state index in [0.29, 0.717) is 0 Å². The predicted molar refractivity (Wildman–Crippen MR) is 48.4 cm³/mol. The van der Waals surface area contributed by atoms with Crippen molar-refractivity contribution in [3.63, 3.8) is 0 Å². The normalized spacial score (nSPS) is 18.7. The molecule has 0 atom stereocenters. The first-order valence-electron chi connectivity index (χ1n) is 4.57. The Balaban J connectivity index is 2.16. The van der Waals surface area contributed by atoms with Crippen LogP contribution in [-0.2, 0) is 0 Å². The zero-order valence-corrected chi connectivity index (χ0v) is 8.10. The average molecular weight is 217 g/mol. The maximum absolute atomic E-state index is 12.6. The summed E-state index contributed by atoms with van der Waals surface area (Å²) >= 11 is 0. The number of aromatic nitrogens is 2. The fourth-order valence-electron chi connectivity index (χ4n) is 1.37. The summed E-state index contributed by atoms with van der Waals surface area (Å²) in [7, 11) is 0. The molecule has 0 unspecified atom stereocenters. The summed E-state index contributed by atoms with van der Waals surface area (Å²) in [5.41, 5.74) is -0.986. The summed E-state index contributed by atoms with van der Waals surface area (Å²) in [6, 6.07) is 1.55. The highest BCUT2D eigenvalue weighted by Gasteiger charge is 2.63. The molecule has 6 heteroatoms. The van der Waals surface area contributed by atoms with Crippen LogP contribution in [0.25, 0.3) is 0 Å². The first kappa shape index (κ1) is 10.2. The van der Waals surface area contributed by atoms with Crippen molar-refractivity contribution < 1.29 is 13.2 Å². The summed E-state index contributed by atoms with van der Waals surface area (Å²) in [4.78, 5) is 0. The molecule has 1 aromatic heterocycles. The van der Waals surface area contributed by atoms with E-state index >= 15 is 0 Å². The monoisotopic (exact) mass is 217 g/mol. The largest absolute Gasteiger partial charge is 0.411 e. The van der Waals surface area contributed by atoms with Crippen LogP contribution in [0, 0.1) is 6.92 Å². The number of hydrogen-bond acceptors (Lipinski definition) is 3. The van der Waals surface area contributed by atoms with Gasteiger partial charge in [-0.1, -0.05) is 0 Å². The summed E-state index contributed by atoms with van der Waals surface area (Å²) in [6.45, 7) is 1.76. The van der Waals surface area contributed by atoms with Crippen LogP contribution in [0.15, 0.2) is 12.3 Å². The quantitative estimate of drug-likeness (QED) is 0.825. The van der Waals surface area contributed by atoms with Crippen molar-refractivity contribution in [3.05, 3.63) is 17.8 Å². The molecular formula is C9H10F3N3. The summed E-state index contributed by atoms with van der Waals surface area (Å²) in [6.07, 6.45) is -2.52. The van der Waals surface area contributed by atoms with Crippen molar-refractivity contribution in [1.29, 1.82) is 0 Å². The third-order valence-corrected chi connectivity index (χ3v) is 2.45. The summed E-state index contributed by atoms with van der Waals surface area (Å²) < 4.78 is 37.7. The Labute approximate surface area is 84.7 Å². The van der Waals surface area contributed by atoms with E-state index in [1.54, 1.807) is 13.0 Å². The SMILES string of the molecule is Cc1cnnc(NC2(C(F)(F)F)CC2)c1. The minimum absolute atomic E-state index is 0.103. The molecule has 0 aromatic carbocycles. The van der Waals surface area contributed by atoms with Gasteiger partial charge in [-0.15, -0.1) is 5.10 Å². The van der Waals surface area contributed by atoms with Crippen LogP contribution in [0.2, 0.25) is 0 Å². The van der Waals surface area contributed by atoms with Gasteiger partial charge in [-0.3, -0.25) is 0 Å². The van der Waals surface area contributed by atoms with Crippen LogP contribution in [0.5, 0.6) is 0 Å². The summed E-state index contributed by atoms with van der Waals surface area (Å²) in [5.74, 6) is 0.185. The molecule has 0 spiro atoms. The molecule has 0 saturated heterocycles. The second kappa shape index (κ2) is 3.08. The minimum atomic E-state index is -4.22. The highest BCUT2D eigenvalue weighted by atomic mass is 19.4. The van der Waals surface area contributed by atoms with E-state index in [9.17, 15) is 13.2 Å². The lowest BCUT2D eigenvalue weighted by Crippen LogP contribution is -2.39. The average Bonchev–Trinajstić information content (AvgIpc) is 2.84. The molecule has 0 radical (unpaired) electrons. The van der Waals surface area contributed by atoms with Crippen LogP contribution in [0.3, 0.4) is 0 Å². The number of hydrogen-bond donors (Lipinski definition) is 1. The van der Waals surface area contributed by atoms with E-state index < -0.39 is 11.7 Å². The van der Waals surface area contributed by atoms with Gasteiger partial charge in [0.25, 0.3) is 0 Å². The zero-order chi connectivity index (χ0) is 11.1. The second-order valence-electron chi connectivity index (χ2n) is 3.82. The maximum Gasteiger partial charge on any atom is 0.411 e. The molecule has 0 bridgehead atoms. The number of aryl methyl sites for hydroxylation is 1. The number of rotatable bonds is 2. The molecule has 1 aliphatic rings. The van der Waals surface area contributed by atoms with E-state index in [1.165, 1.54) is 6.20 Å². The van der Waals surface area contributed by atoms with Gasteiger partial charge in [-0.25, -0.2) is 0 Å². The lowest BCUT2D eigenvalue weighted by atomic mass is 10.2. The number of alkyl halides is 3. The van der Waals surface area contributed by atoms with Crippen LogP contribution in [-0.4, -0.2) is 21.9 Å². The molecule has 15 heavy (non-hydrogen) atoms. The van der Waals surface area contributed by atoms with Gasteiger partial charge in [0.1, 0.15) is 11.4 Å². The number of nitrogens with one attached hydrogen (secondary N) is 1. The van der Waals surface area contributed by atoms with E-state index in [2.05, 4.69) is 15.5 Å². The minimum Gasteiger partial charge on any atom is -0.355 e. The highest BCUT2D eigenvalue weighted by Crippen LogP contribution is 2.50. The number of anilines is 1. The first-order valence-corrected chi connectivity index (χ1v) is 4.57. The Morgan fingerprint density at radius 3 is 2.53 bits per heavy atom. The van der Waals surface area contributed by atoms with Crippen LogP contribution < -0.4 is 5.32 Å². The Kier molecular flexibility index (Phi) is 2.09. The molecule has 1 fully saturated rings. The fourth-order valence-corrected chi connectivity index (χ4v) is 1.37. The molecule has 1 heterocycles. The molecule has 1 aliphatic carbocycles. The van der Waals surface area contributed by atoms with E-state index in [4.69, 9.17) is 0 Å². The van der Waals surface area contributed by atoms with Gasteiger partial charge >= 0.3 is 6.18 Å². The Morgan fingerprint density at radius 1 is 1.40 bits per heavy atom. The molecule has 1 aromatic rings. The van der Waals surface area contributed by atoms with Gasteiger partial charge in [0.05, 0.1) is 6.20 Å². The molecule has 0 aliphatic heterocycles. The lowest BCUT2D eigenvalue weighted by molar-refractivity contribution is -0.151. The fraction of sp³-hybridized carbons (Fsp3) is 0.556. The third kappa shape index (κ3) is 1.88. The molecule has 0 amide bonds. The maximum atomic E-state index is 12.6. The molecule has 82 valence electrons. The number of nitrogens with zero attached hydrogens (tertiary/aromatic N) is 2. The van der Waals surface area contributed by atoms with Crippen molar-refractivity contribution in [2.75, 3.05) is 5.32 Å². The van der Waals surface area contributed by atoms with Gasteiger partial charge in [-0.05, 0) is 31.4 Å². The van der Waals surface area contributed by atoms with Crippen LogP contribution in [0.4, 0.5) is 19.0 Å². The third-order valence-electron chi connectivity index (χ3n) is 2.45. The smallest absolute Gasteiger partial charge is 0.355 e. The molecular weight excluding hydrogens is 207 g/mol. The topological polar surface area (TPSA) is 37.8 Å². The molecule has 3 nitrogen and oxygen atoms in total. The predicted octanol–water partition coefficient (Wildman–Crippen LogP) is 2.29.